The second-order valence-corrected chi connectivity index (χ2v) is 3.81. The van der Waals surface area contributed by atoms with E-state index in [0.29, 0.717) is 23.5 Å². The third-order valence-electron chi connectivity index (χ3n) is 1.78. The van der Waals surface area contributed by atoms with Gasteiger partial charge in [0, 0.05) is 13.0 Å². The lowest BCUT2D eigenvalue weighted by atomic mass is 10.2. The molecule has 0 aliphatic carbocycles. The summed E-state index contributed by atoms with van der Waals surface area (Å²) >= 11 is 11.3. The number of halogens is 2. The minimum atomic E-state index is 0.119. The van der Waals surface area contributed by atoms with Crippen LogP contribution in [-0.4, -0.2) is 35.6 Å². The monoisotopic (exact) mass is 249 g/mol. The highest BCUT2D eigenvalue weighted by Crippen LogP contribution is 2.08. The van der Waals surface area contributed by atoms with E-state index >= 15 is 0 Å². The van der Waals surface area contributed by atoms with Crippen molar-refractivity contribution in [1.82, 2.24) is 9.97 Å². The Kier molecular flexibility index (Phi) is 5.68. The van der Waals surface area contributed by atoms with E-state index in [2.05, 4.69) is 15.3 Å². The first-order valence-corrected chi connectivity index (χ1v) is 5.46. The van der Waals surface area contributed by atoms with E-state index in [4.69, 9.17) is 27.9 Å². The van der Waals surface area contributed by atoms with E-state index in [1.807, 2.05) is 0 Å². The van der Waals surface area contributed by atoms with Crippen LogP contribution in [0.1, 0.15) is 6.42 Å². The number of hydrogen-bond donors (Lipinski definition) is 1. The van der Waals surface area contributed by atoms with Crippen LogP contribution in [0.3, 0.4) is 0 Å². The average Bonchev–Trinajstić information content (AvgIpc) is 2.22. The molecule has 0 radical (unpaired) electrons. The van der Waals surface area contributed by atoms with Gasteiger partial charge in [-0.15, -0.1) is 11.6 Å². The van der Waals surface area contributed by atoms with Gasteiger partial charge in [0.2, 0.25) is 5.95 Å². The van der Waals surface area contributed by atoms with Crippen LogP contribution >= 0.6 is 23.2 Å². The molecule has 6 heteroatoms. The summed E-state index contributed by atoms with van der Waals surface area (Å²) in [6, 6.07) is 0.119. The zero-order chi connectivity index (χ0) is 11.1. The average molecular weight is 250 g/mol. The van der Waals surface area contributed by atoms with Gasteiger partial charge in [0.15, 0.2) is 0 Å². The number of methoxy groups -OCH3 is 1. The van der Waals surface area contributed by atoms with Crippen LogP contribution in [0.25, 0.3) is 0 Å². The normalized spacial score (nSPS) is 12.5. The second-order valence-electron chi connectivity index (χ2n) is 3.00. The SMILES string of the molecule is COCC(CCCl)Nc1ncc(Cl)cn1. The van der Waals surface area contributed by atoms with E-state index in [1.54, 1.807) is 19.5 Å². The summed E-state index contributed by atoms with van der Waals surface area (Å²) in [7, 11) is 1.64. The first kappa shape index (κ1) is 12.5. The second kappa shape index (κ2) is 6.82. The number of hydrogen-bond acceptors (Lipinski definition) is 4. The number of nitrogens with zero attached hydrogens (tertiary/aromatic N) is 2. The lowest BCUT2D eigenvalue weighted by Crippen LogP contribution is -2.26. The molecule has 1 unspecified atom stereocenters. The Morgan fingerprint density at radius 1 is 1.47 bits per heavy atom. The zero-order valence-corrected chi connectivity index (χ0v) is 9.92. The fourth-order valence-electron chi connectivity index (χ4n) is 1.10. The Morgan fingerprint density at radius 3 is 2.67 bits per heavy atom. The maximum atomic E-state index is 5.67. The Labute approximate surface area is 99.0 Å². The molecule has 0 aliphatic heterocycles. The molecule has 0 saturated heterocycles. The number of nitrogens with one attached hydrogen (secondary N) is 1. The van der Waals surface area contributed by atoms with Crippen molar-refractivity contribution < 1.29 is 4.74 Å². The standard InChI is InChI=1S/C9H13Cl2N3O/c1-15-6-8(2-3-10)14-9-12-4-7(11)5-13-9/h4-5,8H,2-3,6H2,1H3,(H,12,13,14). The van der Waals surface area contributed by atoms with Crippen LogP contribution in [0.4, 0.5) is 5.95 Å². The van der Waals surface area contributed by atoms with E-state index < -0.39 is 0 Å². The minimum absolute atomic E-state index is 0.119. The molecule has 84 valence electrons. The summed E-state index contributed by atoms with van der Waals surface area (Å²) in [5.41, 5.74) is 0. The number of aromatic nitrogens is 2. The van der Waals surface area contributed by atoms with E-state index in [9.17, 15) is 0 Å². The van der Waals surface area contributed by atoms with Gasteiger partial charge in [0.05, 0.1) is 30.1 Å². The lowest BCUT2D eigenvalue weighted by molar-refractivity contribution is 0.184. The van der Waals surface area contributed by atoms with Crippen molar-refractivity contribution in [3.05, 3.63) is 17.4 Å². The van der Waals surface area contributed by atoms with Gasteiger partial charge < -0.3 is 10.1 Å². The van der Waals surface area contributed by atoms with Crippen molar-refractivity contribution in [2.75, 3.05) is 24.9 Å². The summed E-state index contributed by atoms with van der Waals surface area (Å²) in [6.07, 6.45) is 3.88. The first-order valence-electron chi connectivity index (χ1n) is 4.55. The Morgan fingerprint density at radius 2 is 2.13 bits per heavy atom. The van der Waals surface area contributed by atoms with E-state index in [0.717, 1.165) is 6.42 Å². The number of alkyl halides is 1. The molecular formula is C9H13Cl2N3O. The molecule has 1 N–H and O–H groups in total. The van der Waals surface area contributed by atoms with Gasteiger partial charge >= 0.3 is 0 Å². The quantitative estimate of drug-likeness (QED) is 0.786. The van der Waals surface area contributed by atoms with Crippen molar-refractivity contribution in [1.29, 1.82) is 0 Å². The van der Waals surface area contributed by atoms with Crippen LogP contribution in [0.15, 0.2) is 12.4 Å². The Bertz CT molecular complexity index is 275. The zero-order valence-electron chi connectivity index (χ0n) is 8.41. The Hall–Kier alpha value is -0.580. The third-order valence-corrected chi connectivity index (χ3v) is 2.19. The molecule has 0 spiro atoms. The molecule has 1 rings (SSSR count). The van der Waals surface area contributed by atoms with Gasteiger partial charge in [0.25, 0.3) is 0 Å². The highest BCUT2D eigenvalue weighted by Gasteiger charge is 2.08. The molecule has 0 aliphatic rings. The number of anilines is 1. The topological polar surface area (TPSA) is 47.0 Å². The van der Waals surface area contributed by atoms with Gasteiger partial charge in [-0.05, 0) is 6.42 Å². The summed E-state index contributed by atoms with van der Waals surface area (Å²) in [5.74, 6) is 1.10. The highest BCUT2D eigenvalue weighted by molar-refractivity contribution is 6.30. The van der Waals surface area contributed by atoms with E-state index in [-0.39, 0.29) is 6.04 Å². The fourth-order valence-corrected chi connectivity index (χ4v) is 1.46. The van der Waals surface area contributed by atoms with Crippen LogP contribution < -0.4 is 5.32 Å². The predicted molar refractivity (Wildman–Crippen MR) is 61.7 cm³/mol. The van der Waals surface area contributed by atoms with Crippen molar-refractivity contribution >= 4 is 29.2 Å². The summed E-state index contributed by atoms with van der Waals surface area (Å²) in [4.78, 5) is 8.06. The maximum Gasteiger partial charge on any atom is 0.222 e. The lowest BCUT2D eigenvalue weighted by Gasteiger charge is -2.16. The van der Waals surface area contributed by atoms with Crippen LogP contribution in [0.2, 0.25) is 5.02 Å². The number of rotatable bonds is 6. The molecule has 0 aromatic carbocycles. The summed E-state index contributed by atoms with van der Waals surface area (Å²) in [6.45, 7) is 0.568. The van der Waals surface area contributed by atoms with Gasteiger partial charge in [0.1, 0.15) is 0 Å². The predicted octanol–water partition coefficient (Wildman–Crippen LogP) is 2.19. The highest BCUT2D eigenvalue weighted by atomic mass is 35.5. The van der Waals surface area contributed by atoms with E-state index in [1.165, 1.54) is 0 Å². The van der Waals surface area contributed by atoms with Gasteiger partial charge in [-0.2, -0.15) is 0 Å². The van der Waals surface area contributed by atoms with Gasteiger partial charge in [-0.1, -0.05) is 11.6 Å². The minimum Gasteiger partial charge on any atom is -0.383 e. The molecule has 0 bridgehead atoms. The molecule has 1 atom stereocenters. The molecule has 1 aromatic rings. The largest absolute Gasteiger partial charge is 0.383 e. The van der Waals surface area contributed by atoms with Crippen molar-refractivity contribution in [2.45, 2.75) is 12.5 Å². The molecule has 0 amide bonds. The van der Waals surface area contributed by atoms with Crippen LogP contribution in [-0.2, 0) is 4.74 Å². The van der Waals surface area contributed by atoms with Crippen molar-refractivity contribution in [2.24, 2.45) is 0 Å². The third kappa shape index (κ3) is 4.64. The maximum absolute atomic E-state index is 5.67. The molecule has 1 heterocycles. The van der Waals surface area contributed by atoms with Gasteiger partial charge in [-0.25, -0.2) is 9.97 Å². The summed E-state index contributed by atoms with van der Waals surface area (Å²) in [5, 5.41) is 3.63. The van der Waals surface area contributed by atoms with Crippen LogP contribution in [0.5, 0.6) is 0 Å². The molecule has 4 nitrogen and oxygen atoms in total. The smallest absolute Gasteiger partial charge is 0.222 e. The first-order chi connectivity index (χ1) is 7.26. The van der Waals surface area contributed by atoms with Crippen molar-refractivity contribution in [3.63, 3.8) is 0 Å². The fraction of sp³-hybridized carbons (Fsp3) is 0.556. The molecular weight excluding hydrogens is 237 g/mol. The molecule has 0 saturated carbocycles. The number of ether oxygens (including phenoxy) is 1. The summed E-state index contributed by atoms with van der Waals surface area (Å²) < 4.78 is 5.05. The van der Waals surface area contributed by atoms with Crippen LogP contribution in [0, 0.1) is 0 Å². The van der Waals surface area contributed by atoms with Gasteiger partial charge in [-0.3, -0.25) is 0 Å². The van der Waals surface area contributed by atoms with Crippen molar-refractivity contribution in [3.8, 4) is 0 Å². The molecule has 0 fully saturated rings. The molecule has 1 aromatic heterocycles. The Balaban J connectivity index is 2.53. The molecule has 15 heavy (non-hydrogen) atoms.